The second kappa shape index (κ2) is 4.29. The van der Waals surface area contributed by atoms with Gasteiger partial charge in [-0.1, -0.05) is 0 Å². The van der Waals surface area contributed by atoms with Gasteiger partial charge in [-0.2, -0.15) is 0 Å². The van der Waals surface area contributed by atoms with Crippen molar-refractivity contribution in [2.75, 3.05) is 26.7 Å². The minimum absolute atomic E-state index is 0.0164. The molecule has 2 aliphatic rings. The van der Waals surface area contributed by atoms with E-state index in [1.807, 2.05) is 0 Å². The van der Waals surface area contributed by atoms with Crippen molar-refractivity contribution in [2.45, 2.75) is 31.8 Å². The number of carbonyl (C=O) groups excluding carboxylic acids is 2. The lowest BCUT2D eigenvalue weighted by molar-refractivity contribution is -0.141. The fourth-order valence-electron chi connectivity index (χ4n) is 2.70. The number of hydrogen-bond acceptors (Lipinski definition) is 3. The fourth-order valence-corrected chi connectivity index (χ4v) is 2.70. The maximum atomic E-state index is 12.2. The van der Waals surface area contributed by atoms with Crippen molar-refractivity contribution in [1.82, 2.24) is 9.80 Å². The number of β-amino-alcohol motifs (C(OH)–C–C–N with tert-alkyl or cyclic N) is 1. The summed E-state index contributed by atoms with van der Waals surface area (Å²) in [5.41, 5.74) is -0.775. The van der Waals surface area contributed by atoms with Gasteiger partial charge in [-0.15, -0.1) is 0 Å². The van der Waals surface area contributed by atoms with Crippen LogP contribution < -0.4 is 0 Å². The van der Waals surface area contributed by atoms with Crippen LogP contribution in [-0.4, -0.2) is 59.0 Å². The molecule has 0 bridgehead atoms. The molecule has 2 unspecified atom stereocenters. The van der Waals surface area contributed by atoms with Gasteiger partial charge >= 0.3 is 0 Å². The molecular weight excluding hydrogens is 220 g/mol. The van der Waals surface area contributed by atoms with Crippen molar-refractivity contribution >= 4 is 11.8 Å². The number of rotatable bonds is 1. The Bertz CT molecular complexity index is 341. The van der Waals surface area contributed by atoms with Gasteiger partial charge in [0.15, 0.2) is 0 Å². The Labute approximate surface area is 101 Å². The molecule has 0 aromatic rings. The van der Waals surface area contributed by atoms with E-state index in [9.17, 15) is 14.7 Å². The molecular formula is C12H20N2O3. The zero-order valence-corrected chi connectivity index (χ0v) is 10.5. The van der Waals surface area contributed by atoms with Crippen molar-refractivity contribution in [2.24, 2.45) is 5.92 Å². The predicted octanol–water partition coefficient (Wildman–Crippen LogP) is -0.162. The van der Waals surface area contributed by atoms with Crippen LogP contribution in [0.1, 0.15) is 26.2 Å². The summed E-state index contributed by atoms with van der Waals surface area (Å²) in [5.74, 6) is -0.170. The Balaban J connectivity index is 1.98. The van der Waals surface area contributed by atoms with Crippen LogP contribution in [0, 0.1) is 5.92 Å². The first-order chi connectivity index (χ1) is 7.89. The third-order valence-electron chi connectivity index (χ3n) is 3.68. The summed E-state index contributed by atoms with van der Waals surface area (Å²) in [6.07, 6.45) is 1.88. The maximum absolute atomic E-state index is 12.2. The Kier molecular flexibility index (Phi) is 3.12. The molecule has 0 aliphatic carbocycles. The highest BCUT2D eigenvalue weighted by Crippen LogP contribution is 2.24. The molecule has 5 heteroatoms. The highest BCUT2D eigenvalue weighted by atomic mass is 16.3. The molecule has 2 atom stereocenters. The Morgan fingerprint density at radius 1 is 1.53 bits per heavy atom. The molecule has 2 fully saturated rings. The summed E-state index contributed by atoms with van der Waals surface area (Å²) in [6, 6.07) is 0. The second-order valence-corrected chi connectivity index (χ2v) is 5.54. The lowest BCUT2D eigenvalue weighted by atomic mass is 9.94. The molecule has 0 saturated carbocycles. The zero-order chi connectivity index (χ0) is 12.6. The zero-order valence-electron chi connectivity index (χ0n) is 10.5. The van der Waals surface area contributed by atoms with Gasteiger partial charge in [-0.3, -0.25) is 9.59 Å². The molecule has 2 saturated heterocycles. The number of likely N-dealkylation sites (tertiary alicyclic amines) is 2. The van der Waals surface area contributed by atoms with Gasteiger partial charge in [0, 0.05) is 33.1 Å². The Morgan fingerprint density at radius 2 is 2.24 bits per heavy atom. The third kappa shape index (κ3) is 2.60. The molecule has 96 valence electrons. The standard InChI is InChI=1S/C12H20N2O3/c1-12(17)4-3-5-14(8-12)11(16)9-6-10(15)13(2)7-9/h9,17H,3-8H2,1-2H3. The van der Waals surface area contributed by atoms with Crippen LogP contribution in [0.25, 0.3) is 0 Å². The summed E-state index contributed by atoms with van der Waals surface area (Å²) in [4.78, 5) is 26.9. The third-order valence-corrected chi connectivity index (χ3v) is 3.68. The van der Waals surface area contributed by atoms with Crippen LogP contribution in [0.2, 0.25) is 0 Å². The van der Waals surface area contributed by atoms with Crippen LogP contribution >= 0.6 is 0 Å². The summed E-state index contributed by atoms with van der Waals surface area (Å²) < 4.78 is 0. The molecule has 2 heterocycles. The minimum atomic E-state index is -0.775. The van der Waals surface area contributed by atoms with Crippen LogP contribution in [0.3, 0.4) is 0 Å². The van der Waals surface area contributed by atoms with Crippen LogP contribution in [0.15, 0.2) is 0 Å². The van der Waals surface area contributed by atoms with Crippen LogP contribution in [-0.2, 0) is 9.59 Å². The number of hydrogen-bond donors (Lipinski definition) is 1. The first kappa shape index (κ1) is 12.4. The highest BCUT2D eigenvalue weighted by molar-refractivity contribution is 5.89. The van der Waals surface area contributed by atoms with E-state index in [1.54, 1.807) is 23.8 Å². The van der Waals surface area contributed by atoms with Gasteiger partial charge in [0.25, 0.3) is 0 Å². The van der Waals surface area contributed by atoms with Crippen LogP contribution in [0.4, 0.5) is 0 Å². The topological polar surface area (TPSA) is 60.9 Å². The Hall–Kier alpha value is -1.10. The number of nitrogens with zero attached hydrogens (tertiary/aromatic N) is 2. The molecule has 0 aromatic heterocycles. The van der Waals surface area contributed by atoms with E-state index in [4.69, 9.17) is 0 Å². The normalized spacial score (nSPS) is 34.3. The lowest BCUT2D eigenvalue weighted by Gasteiger charge is -2.37. The monoisotopic (exact) mass is 240 g/mol. The molecule has 5 nitrogen and oxygen atoms in total. The average Bonchev–Trinajstić information content (AvgIpc) is 2.57. The van der Waals surface area contributed by atoms with E-state index >= 15 is 0 Å². The first-order valence-corrected chi connectivity index (χ1v) is 6.14. The lowest BCUT2D eigenvalue weighted by Crippen LogP contribution is -2.50. The number of aliphatic hydroxyl groups is 1. The summed E-state index contributed by atoms with van der Waals surface area (Å²) in [7, 11) is 1.72. The van der Waals surface area contributed by atoms with Gasteiger partial charge in [-0.25, -0.2) is 0 Å². The molecule has 0 aromatic carbocycles. The number of carbonyl (C=O) groups is 2. The van der Waals surface area contributed by atoms with Gasteiger partial charge in [0.1, 0.15) is 0 Å². The van der Waals surface area contributed by atoms with Gasteiger partial charge in [0.05, 0.1) is 11.5 Å². The van der Waals surface area contributed by atoms with E-state index in [2.05, 4.69) is 0 Å². The molecule has 0 radical (unpaired) electrons. The van der Waals surface area contributed by atoms with Crippen molar-refractivity contribution < 1.29 is 14.7 Å². The number of amides is 2. The van der Waals surface area contributed by atoms with E-state index < -0.39 is 5.60 Å². The van der Waals surface area contributed by atoms with Crippen LogP contribution in [0.5, 0.6) is 0 Å². The van der Waals surface area contributed by atoms with Crippen molar-refractivity contribution in [3.63, 3.8) is 0 Å². The van der Waals surface area contributed by atoms with Crippen molar-refractivity contribution in [3.8, 4) is 0 Å². The van der Waals surface area contributed by atoms with Gasteiger partial charge in [0.2, 0.25) is 11.8 Å². The SMILES string of the molecule is CN1CC(C(=O)N2CCCC(C)(O)C2)CC1=O. The molecule has 0 spiro atoms. The van der Waals surface area contributed by atoms with Crippen molar-refractivity contribution in [3.05, 3.63) is 0 Å². The summed E-state index contributed by atoms with van der Waals surface area (Å²) >= 11 is 0. The average molecular weight is 240 g/mol. The largest absolute Gasteiger partial charge is 0.388 e. The van der Waals surface area contributed by atoms with Gasteiger partial charge < -0.3 is 14.9 Å². The molecule has 1 N–H and O–H groups in total. The number of piperidine rings is 1. The second-order valence-electron chi connectivity index (χ2n) is 5.54. The quantitative estimate of drug-likeness (QED) is 0.692. The van der Waals surface area contributed by atoms with Gasteiger partial charge in [-0.05, 0) is 19.8 Å². The predicted molar refractivity (Wildman–Crippen MR) is 62.2 cm³/mol. The summed E-state index contributed by atoms with van der Waals surface area (Å²) in [5, 5.41) is 9.97. The van der Waals surface area contributed by atoms with E-state index in [-0.39, 0.29) is 17.7 Å². The fraction of sp³-hybridized carbons (Fsp3) is 0.833. The molecule has 2 rings (SSSR count). The van der Waals surface area contributed by atoms with E-state index in [1.165, 1.54) is 0 Å². The molecule has 2 amide bonds. The molecule has 2 aliphatic heterocycles. The maximum Gasteiger partial charge on any atom is 0.228 e. The van der Waals surface area contributed by atoms with Crippen molar-refractivity contribution in [1.29, 1.82) is 0 Å². The van der Waals surface area contributed by atoms with E-state index in [0.717, 1.165) is 12.8 Å². The smallest absolute Gasteiger partial charge is 0.228 e. The minimum Gasteiger partial charge on any atom is -0.388 e. The molecule has 17 heavy (non-hydrogen) atoms. The summed E-state index contributed by atoms with van der Waals surface area (Å²) in [6.45, 7) is 3.36. The first-order valence-electron chi connectivity index (χ1n) is 6.14. The highest BCUT2D eigenvalue weighted by Gasteiger charge is 2.38. The Morgan fingerprint density at radius 3 is 2.76 bits per heavy atom. The van der Waals surface area contributed by atoms with E-state index in [0.29, 0.717) is 26.1 Å².